The van der Waals surface area contributed by atoms with Crippen molar-refractivity contribution in [2.24, 2.45) is 0 Å². The van der Waals surface area contributed by atoms with Gasteiger partial charge in [-0.1, -0.05) is 0 Å². The molecule has 0 amide bonds. The number of aromatic nitrogens is 6. The Labute approximate surface area is 167 Å². The van der Waals surface area contributed by atoms with Gasteiger partial charge in [-0.25, -0.2) is 15.0 Å². The lowest BCUT2D eigenvalue weighted by molar-refractivity contribution is 0.0704. The highest BCUT2D eigenvalue weighted by molar-refractivity contribution is 5.91. The highest BCUT2D eigenvalue weighted by Gasteiger charge is 2.24. The molecule has 11 heteroatoms. The fourth-order valence-corrected chi connectivity index (χ4v) is 3.82. The van der Waals surface area contributed by atoms with Crippen molar-refractivity contribution < 1.29 is 9.47 Å². The second kappa shape index (κ2) is 7.41. The molecule has 0 unspecified atom stereocenters. The number of nitrogens with zero attached hydrogens (tertiary/aromatic N) is 7. The van der Waals surface area contributed by atoms with Gasteiger partial charge in [0, 0.05) is 38.5 Å². The number of nitrogen functional groups attached to an aromatic ring is 2. The van der Waals surface area contributed by atoms with Gasteiger partial charge in [-0.2, -0.15) is 9.97 Å². The van der Waals surface area contributed by atoms with E-state index in [1.54, 1.807) is 6.20 Å². The lowest BCUT2D eigenvalue weighted by atomic mass is 10.1. The molecule has 5 heterocycles. The van der Waals surface area contributed by atoms with Crippen LogP contribution in [0.3, 0.4) is 0 Å². The minimum Gasteiger partial charge on any atom is -0.383 e. The van der Waals surface area contributed by atoms with Crippen LogP contribution in [0.15, 0.2) is 12.5 Å². The third-order valence-electron chi connectivity index (χ3n) is 5.38. The molecule has 29 heavy (non-hydrogen) atoms. The molecule has 11 nitrogen and oxygen atoms in total. The molecule has 3 aromatic heterocycles. The first-order valence-corrected chi connectivity index (χ1v) is 9.74. The van der Waals surface area contributed by atoms with Crippen LogP contribution in [-0.4, -0.2) is 69.0 Å². The van der Waals surface area contributed by atoms with Gasteiger partial charge in [0.05, 0.1) is 25.1 Å². The van der Waals surface area contributed by atoms with Gasteiger partial charge < -0.3 is 30.4 Å². The molecular weight excluding hydrogens is 374 g/mol. The number of anilines is 3. The zero-order chi connectivity index (χ0) is 19.8. The molecule has 0 spiro atoms. The summed E-state index contributed by atoms with van der Waals surface area (Å²) in [5.41, 5.74) is 14.5. The molecule has 2 saturated heterocycles. The maximum Gasteiger partial charge on any atom is 0.228 e. The van der Waals surface area contributed by atoms with Gasteiger partial charge >= 0.3 is 0 Å². The molecule has 3 aromatic rings. The minimum absolute atomic E-state index is 0.123. The summed E-state index contributed by atoms with van der Waals surface area (Å²) in [6.07, 6.45) is 5.27. The quantitative estimate of drug-likeness (QED) is 0.646. The summed E-state index contributed by atoms with van der Waals surface area (Å²) >= 11 is 0. The molecule has 0 bridgehead atoms. The summed E-state index contributed by atoms with van der Waals surface area (Å²) in [6.45, 7) is 4.20. The van der Waals surface area contributed by atoms with E-state index in [4.69, 9.17) is 30.9 Å². The van der Waals surface area contributed by atoms with E-state index in [1.807, 2.05) is 6.33 Å². The smallest absolute Gasteiger partial charge is 0.228 e. The van der Waals surface area contributed by atoms with Crippen molar-refractivity contribution in [2.75, 3.05) is 55.9 Å². The molecule has 152 valence electrons. The lowest BCUT2D eigenvalue weighted by Crippen LogP contribution is -2.37. The molecule has 0 aromatic carbocycles. The van der Waals surface area contributed by atoms with Crippen LogP contribution in [0.5, 0.6) is 0 Å². The average Bonchev–Trinajstić information content (AvgIpc) is 3.19. The van der Waals surface area contributed by atoms with Crippen molar-refractivity contribution >= 4 is 28.9 Å². The molecular formula is C18H23N9O2. The maximum absolute atomic E-state index is 6.15. The highest BCUT2D eigenvalue weighted by Crippen LogP contribution is 2.33. The predicted molar refractivity (Wildman–Crippen MR) is 107 cm³/mol. The van der Waals surface area contributed by atoms with Crippen LogP contribution in [0, 0.1) is 0 Å². The molecule has 2 aliphatic rings. The van der Waals surface area contributed by atoms with E-state index in [9.17, 15) is 0 Å². The summed E-state index contributed by atoms with van der Waals surface area (Å²) in [7, 11) is 0. The molecule has 0 saturated carbocycles. The van der Waals surface area contributed by atoms with Crippen molar-refractivity contribution in [1.82, 2.24) is 29.5 Å². The first-order chi connectivity index (χ1) is 14.2. The summed E-state index contributed by atoms with van der Waals surface area (Å²) in [4.78, 5) is 24.6. The monoisotopic (exact) mass is 397 g/mol. The number of rotatable bonds is 3. The molecule has 0 atom stereocenters. The largest absolute Gasteiger partial charge is 0.383 e. The Morgan fingerprint density at radius 2 is 1.69 bits per heavy atom. The van der Waals surface area contributed by atoms with Crippen molar-refractivity contribution in [3.8, 4) is 11.3 Å². The number of nitrogens with two attached hydrogens (primary N) is 2. The third-order valence-corrected chi connectivity index (χ3v) is 5.38. The minimum atomic E-state index is 0.123. The van der Waals surface area contributed by atoms with Gasteiger partial charge in [-0.3, -0.25) is 0 Å². The van der Waals surface area contributed by atoms with Gasteiger partial charge in [0.2, 0.25) is 11.9 Å². The molecule has 5 rings (SSSR count). The second-order valence-electron chi connectivity index (χ2n) is 7.17. The number of fused-ring (bicyclic) bond motifs is 1. The Hall–Kier alpha value is -3.05. The zero-order valence-corrected chi connectivity index (χ0v) is 16.0. The number of hydrogen-bond acceptors (Lipinski definition) is 10. The van der Waals surface area contributed by atoms with Crippen LogP contribution in [-0.2, 0) is 9.47 Å². The first kappa shape index (κ1) is 18.0. The predicted octanol–water partition coefficient (Wildman–Crippen LogP) is 0.636. The van der Waals surface area contributed by atoms with E-state index >= 15 is 0 Å². The van der Waals surface area contributed by atoms with Crippen LogP contribution in [0.2, 0.25) is 0 Å². The first-order valence-electron chi connectivity index (χ1n) is 9.74. The summed E-state index contributed by atoms with van der Waals surface area (Å²) in [5, 5.41) is 0. The van der Waals surface area contributed by atoms with Crippen LogP contribution in [0.4, 0.5) is 17.7 Å². The van der Waals surface area contributed by atoms with Crippen molar-refractivity contribution in [2.45, 2.75) is 18.9 Å². The van der Waals surface area contributed by atoms with E-state index in [0.29, 0.717) is 35.9 Å². The summed E-state index contributed by atoms with van der Waals surface area (Å²) in [5.74, 6) is 1.02. The Kier molecular flexibility index (Phi) is 4.60. The van der Waals surface area contributed by atoms with Crippen LogP contribution >= 0.6 is 0 Å². The van der Waals surface area contributed by atoms with Gasteiger partial charge in [-0.15, -0.1) is 0 Å². The normalized spacial score (nSPS) is 18.4. The van der Waals surface area contributed by atoms with Crippen molar-refractivity contribution in [3.05, 3.63) is 12.5 Å². The van der Waals surface area contributed by atoms with E-state index in [0.717, 1.165) is 44.8 Å². The maximum atomic E-state index is 6.15. The van der Waals surface area contributed by atoms with Gasteiger partial charge in [0.1, 0.15) is 17.0 Å². The fraction of sp³-hybridized carbons (Fsp3) is 0.500. The van der Waals surface area contributed by atoms with E-state index < -0.39 is 0 Å². The number of morpholine rings is 1. The van der Waals surface area contributed by atoms with Gasteiger partial charge in [0.15, 0.2) is 5.65 Å². The van der Waals surface area contributed by atoms with Crippen molar-refractivity contribution in [3.63, 3.8) is 0 Å². The Balaban J connectivity index is 1.68. The Morgan fingerprint density at radius 1 is 0.931 bits per heavy atom. The third kappa shape index (κ3) is 3.32. The Bertz CT molecular complexity index is 1030. The van der Waals surface area contributed by atoms with E-state index in [-0.39, 0.29) is 17.8 Å². The van der Waals surface area contributed by atoms with Crippen LogP contribution < -0.4 is 16.4 Å². The Morgan fingerprint density at radius 3 is 2.45 bits per heavy atom. The van der Waals surface area contributed by atoms with Gasteiger partial charge in [-0.05, 0) is 12.8 Å². The summed E-state index contributed by atoms with van der Waals surface area (Å²) in [6, 6.07) is 0.286. The highest BCUT2D eigenvalue weighted by atomic mass is 16.5. The molecule has 0 aliphatic carbocycles. The van der Waals surface area contributed by atoms with E-state index in [1.165, 1.54) is 0 Å². The van der Waals surface area contributed by atoms with Crippen LogP contribution in [0.25, 0.3) is 22.4 Å². The fourth-order valence-electron chi connectivity index (χ4n) is 3.82. The summed E-state index contributed by atoms with van der Waals surface area (Å²) < 4.78 is 13.1. The van der Waals surface area contributed by atoms with Crippen LogP contribution in [0.1, 0.15) is 18.9 Å². The van der Waals surface area contributed by atoms with Gasteiger partial charge in [0.25, 0.3) is 0 Å². The zero-order valence-electron chi connectivity index (χ0n) is 16.0. The number of hydrogen-bond donors (Lipinski definition) is 2. The SMILES string of the molecule is Nc1ncc(-c2nc(N3CCOCC3)nc3c2ncn3C2CCOCC2)c(N)n1. The van der Waals surface area contributed by atoms with Crippen molar-refractivity contribution in [1.29, 1.82) is 0 Å². The second-order valence-corrected chi connectivity index (χ2v) is 7.17. The number of imidazole rings is 1. The standard InChI is InChI=1S/C18H23N9O2/c19-15-12(9-21-17(20)24-15)13-14-16(25-18(23-13)26-3-7-29-8-4-26)27(10-22-14)11-1-5-28-6-2-11/h9-11H,1-8H2,(H4,19,20,21,24). The lowest BCUT2D eigenvalue weighted by Gasteiger charge is -2.28. The van der Waals surface area contributed by atoms with E-state index in [2.05, 4.69) is 24.4 Å². The topological polar surface area (TPSA) is 143 Å². The average molecular weight is 397 g/mol. The molecule has 4 N–H and O–H groups in total. The number of ether oxygens (including phenoxy) is 2. The molecule has 2 fully saturated rings. The molecule has 0 radical (unpaired) electrons. The molecule has 2 aliphatic heterocycles.